The van der Waals surface area contributed by atoms with Gasteiger partial charge < -0.3 is 16.2 Å². The fraction of sp³-hybridized carbons (Fsp3) is 0.125. The maximum Gasteiger partial charge on any atom is 0.263 e. The molecule has 0 aliphatic carbocycles. The van der Waals surface area contributed by atoms with Crippen LogP contribution < -0.4 is 11.1 Å². The van der Waals surface area contributed by atoms with Crippen molar-refractivity contribution in [3.8, 4) is 0 Å². The Morgan fingerprint density at radius 2 is 2.05 bits per heavy atom. The fourth-order valence-electron chi connectivity index (χ4n) is 2.41. The van der Waals surface area contributed by atoms with Crippen molar-refractivity contribution in [2.45, 2.75) is 12.8 Å². The number of para-hydroxylation sites is 1. The summed E-state index contributed by atoms with van der Waals surface area (Å²) in [5.41, 5.74) is 8.28. The van der Waals surface area contributed by atoms with Crippen molar-refractivity contribution in [3.05, 3.63) is 65.0 Å². The lowest BCUT2D eigenvalue weighted by Gasteiger charge is -2.13. The Hall–Kier alpha value is -2.57. The van der Waals surface area contributed by atoms with E-state index in [1.807, 2.05) is 0 Å². The van der Waals surface area contributed by atoms with Crippen LogP contribution in [0.5, 0.6) is 0 Å². The monoisotopic (exact) mass is 299 g/mol. The number of fused-ring (bicyclic) bond motifs is 1. The smallest absolute Gasteiger partial charge is 0.263 e. The summed E-state index contributed by atoms with van der Waals surface area (Å²) < 4.78 is 13.5. The van der Waals surface area contributed by atoms with Gasteiger partial charge in [0.05, 0.1) is 18.0 Å². The Balaban J connectivity index is 2.25. The van der Waals surface area contributed by atoms with Crippen molar-refractivity contribution < 1.29 is 14.3 Å². The first-order valence-corrected chi connectivity index (χ1v) is 6.73. The lowest BCUT2D eigenvalue weighted by Crippen LogP contribution is -2.33. The van der Waals surface area contributed by atoms with Crippen molar-refractivity contribution in [1.82, 2.24) is 0 Å². The van der Waals surface area contributed by atoms with Gasteiger partial charge in [-0.3, -0.25) is 9.79 Å². The normalized spacial score (nSPS) is 17.3. The van der Waals surface area contributed by atoms with Crippen LogP contribution >= 0.6 is 0 Å². The molecule has 2 aromatic carbocycles. The summed E-state index contributed by atoms with van der Waals surface area (Å²) in [6.45, 7) is -0.241. The number of benzene rings is 2. The van der Waals surface area contributed by atoms with Crippen LogP contribution in [0.25, 0.3) is 0 Å². The van der Waals surface area contributed by atoms with Gasteiger partial charge in [-0.1, -0.05) is 30.3 Å². The largest absolute Gasteiger partial charge is 0.392 e. The average molecular weight is 299 g/mol. The zero-order chi connectivity index (χ0) is 15.7. The van der Waals surface area contributed by atoms with E-state index in [2.05, 4.69) is 10.3 Å². The maximum atomic E-state index is 13.5. The van der Waals surface area contributed by atoms with E-state index in [1.165, 1.54) is 12.1 Å². The number of carbonyl (C=O) groups excluding carboxylic acids is 1. The first-order valence-electron chi connectivity index (χ1n) is 6.73. The van der Waals surface area contributed by atoms with Crippen molar-refractivity contribution in [3.63, 3.8) is 0 Å². The summed E-state index contributed by atoms with van der Waals surface area (Å²) in [4.78, 5) is 16.2. The number of halogens is 1. The molecule has 0 bridgehead atoms. The summed E-state index contributed by atoms with van der Waals surface area (Å²) >= 11 is 0. The van der Waals surface area contributed by atoms with E-state index >= 15 is 0 Å². The van der Waals surface area contributed by atoms with Gasteiger partial charge in [0, 0.05) is 16.7 Å². The van der Waals surface area contributed by atoms with E-state index in [-0.39, 0.29) is 6.61 Å². The number of nitrogens with one attached hydrogen (secondary N) is 1. The number of carbonyl (C=O) groups is 1. The van der Waals surface area contributed by atoms with Crippen molar-refractivity contribution >= 4 is 17.3 Å². The number of aliphatic hydroxyl groups is 1. The van der Waals surface area contributed by atoms with Gasteiger partial charge in [0.1, 0.15) is 5.82 Å². The van der Waals surface area contributed by atoms with Crippen LogP contribution in [0.15, 0.2) is 47.5 Å². The highest BCUT2D eigenvalue weighted by atomic mass is 19.1. The number of aliphatic imine (C=N–C) groups is 1. The Morgan fingerprint density at radius 3 is 2.77 bits per heavy atom. The van der Waals surface area contributed by atoms with Crippen LogP contribution in [0.4, 0.5) is 10.1 Å². The summed E-state index contributed by atoms with van der Waals surface area (Å²) in [6, 6.07) is 11.1. The van der Waals surface area contributed by atoms with Gasteiger partial charge in [0.2, 0.25) is 0 Å². The van der Waals surface area contributed by atoms with Gasteiger partial charge in [-0.2, -0.15) is 0 Å². The molecule has 22 heavy (non-hydrogen) atoms. The predicted octanol–water partition coefficient (Wildman–Crippen LogP) is 1.39. The van der Waals surface area contributed by atoms with Crippen LogP contribution in [0, 0.1) is 5.82 Å². The molecule has 1 amide bonds. The molecule has 0 aromatic heterocycles. The number of amides is 1. The third-order valence-electron chi connectivity index (χ3n) is 3.46. The molecule has 0 radical (unpaired) electrons. The third kappa shape index (κ3) is 2.49. The molecule has 3 rings (SSSR count). The van der Waals surface area contributed by atoms with E-state index in [0.717, 1.165) is 0 Å². The maximum absolute atomic E-state index is 13.5. The van der Waals surface area contributed by atoms with Crippen molar-refractivity contribution in [1.29, 1.82) is 0 Å². The number of aliphatic hydroxyl groups excluding tert-OH is 1. The molecule has 1 aliphatic heterocycles. The molecule has 0 fully saturated rings. The minimum atomic E-state index is -1.10. The second-order valence-corrected chi connectivity index (χ2v) is 4.92. The van der Waals surface area contributed by atoms with Gasteiger partial charge in [-0.05, 0) is 12.1 Å². The third-order valence-corrected chi connectivity index (χ3v) is 3.46. The highest BCUT2D eigenvalue weighted by molar-refractivity contribution is 6.19. The van der Waals surface area contributed by atoms with Crippen molar-refractivity contribution in [2.75, 3.05) is 5.32 Å². The standard InChI is InChI=1S/C16H14FN3O2/c17-11-5-1-3-9(7-11)13-12-6-2-4-10(8-21)14(12)20-16(22)15(18)19-13/h1-7,15,21H,8,18H2,(H,20,22). The Bertz CT molecular complexity index is 774. The Kier molecular flexibility index (Phi) is 3.70. The van der Waals surface area contributed by atoms with Crippen molar-refractivity contribution in [2.24, 2.45) is 10.7 Å². The quantitative estimate of drug-likeness (QED) is 0.783. The molecule has 1 heterocycles. The molecule has 1 atom stereocenters. The molecule has 0 saturated heterocycles. The number of rotatable bonds is 2. The minimum Gasteiger partial charge on any atom is -0.392 e. The SMILES string of the molecule is NC1N=C(c2cccc(F)c2)c2cccc(CO)c2NC1=O. The molecule has 0 saturated carbocycles. The molecular weight excluding hydrogens is 285 g/mol. The lowest BCUT2D eigenvalue weighted by atomic mass is 9.98. The number of benzodiazepines with no additional fused rings is 1. The Morgan fingerprint density at radius 1 is 1.27 bits per heavy atom. The number of anilines is 1. The molecule has 1 unspecified atom stereocenters. The number of hydrogen-bond donors (Lipinski definition) is 3. The lowest BCUT2D eigenvalue weighted by molar-refractivity contribution is -0.117. The molecule has 0 spiro atoms. The minimum absolute atomic E-state index is 0.241. The van der Waals surface area contributed by atoms with Gasteiger partial charge >= 0.3 is 0 Å². The zero-order valence-corrected chi connectivity index (χ0v) is 11.6. The van der Waals surface area contributed by atoms with E-state index < -0.39 is 17.9 Å². The summed E-state index contributed by atoms with van der Waals surface area (Å²) in [7, 11) is 0. The van der Waals surface area contributed by atoms with Gasteiger partial charge in [-0.15, -0.1) is 0 Å². The molecule has 5 nitrogen and oxygen atoms in total. The highest BCUT2D eigenvalue weighted by Crippen LogP contribution is 2.27. The molecular formula is C16H14FN3O2. The summed E-state index contributed by atoms with van der Waals surface area (Å²) in [5, 5.41) is 12.1. The zero-order valence-electron chi connectivity index (χ0n) is 11.6. The fourth-order valence-corrected chi connectivity index (χ4v) is 2.41. The topological polar surface area (TPSA) is 87.7 Å². The van der Waals surface area contributed by atoms with Crippen LogP contribution in [0.2, 0.25) is 0 Å². The summed E-state index contributed by atoms with van der Waals surface area (Å²) in [6.07, 6.45) is -1.10. The molecule has 6 heteroatoms. The highest BCUT2D eigenvalue weighted by Gasteiger charge is 2.24. The summed E-state index contributed by atoms with van der Waals surface area (Å²) in [5.74, 6) is -0.884. The Labute approximate surface area is 126 Å². The van der Waals surface area contributed by atoms with E-state index in [1.54, 1.807) is 30.3 Å². The van der Waals surface area contributed by atoms with Gasteiger partial charge in [0.15, 0.2) is 6.17 Å². The van der Waals surface area contributed by atoms with Gasteiger partial charge in [0.25, 0.3) is 5.91 Å². The number of hydrogen-bond acceptors (Lipinski definition) is 4. The van der Waals surface area contributed by atoms with E-state index in [4.69, 9.17) is 5.73 Å². The van der Waals surface area contributed by atoms with E-state index in [9.17, 15) is 14.3 Å². The molecule has 2 aromatic rings. The van der Waals surface area contributed by atoms with Crippen LogP contribution in [0.3, 0.4) is 0 Å². The first kappa shape index (κ1) is 14.4. The van der Waals surface area contributed by atoms with Crippen LogP contribution in [0.1, 0.15) is 16.7 Å². The number of nitrogens with two attached hydrogens (primary N) is 1. The number of nitrogens with zero attached hydrogens (tertiary/aromatic N) is 1. The van der Waals surface area contributed by atoms with Crippen LogP contribution in [-0.4, -0.2) is 22.9 Å². The molecule has 112 valence electrons. The predicted molar refractivity (Wildman–Crippen MR) is 81.0 cm³/mol. The van der Waals surface area contributed by atoms with Gasteiger partial charge in [-0.25, -0.2) is 4.39 Å². The van der Waals surface area contributed by atoms with Crippen LogP contribution in [-0.2, 0) is 11.4 Å². The molecule has 1 aliphatic rings. The molecule has 4 N–H and O–H groups in total. The second-order valence-electron chi connectivity index (χ2n) is 4.92. The average Bonchev–Trinajstić information content (AvgIpc) is 2.64. The van der Waals surface area contributed by atoms with E-state index in [0.29, 0.717) is 28.1 Å². The second kappa shape index (κ2) is 5.67. The first-order chi connectivity index (χ1) is 10.6.